The Balaban J connectivity index is 1.72. The SMILES string of the molecule is COc1ccccc1NS(=O)(=O)c1cccc(C(=O)NNC(=O)c2ccccc2OC(F)F)c1. The van der Waals surface area contributed by atoms with Crippen LogP contribution in [0, 0.1) is 0 Å². The van der Waals surface area contributed by atoms with Crippen molar-refractivity contribution >= 4 is 27.5 Å². The molecule has 0 unspecified atom stereocenters. The van der Waals surface area contributed by atoms with Crippen LogP contribution in [0.3, 0.4) is 0 Å². The van der Waals surface area contributed by atoms with Crippen molar-refractivity contribution in [3.05, 3.63) is 83.9 Å². The zero-order chi connectivity index (χ0) is 24.7. The van der Waals surface area contributed by atoms with E-state index in [1.165, 1.54) is 55.6 Å². The summed E-state index contributed by atoms with van der Waals surface area (Å²) in [6.07, 6.45) is 0. The summed E-state index contributed by atoms with van der Waals surface area (Å²) in [5.74, 6) is -1.82. The van der Waals surface area contributed by atoms with E-state index in [1.807, 2.05) is 0 Å². The molecule has 9 nitrogen and oxygen atoms in total. The van der Waals surface area contributed by atoms with E-state index < -0.39 is 28.4 Å². The summed E-state index contributed by atoms with van der Waals surface area (Å²) >= 11 is 0. The van der Waals surface area contributed by atoms with Crippen LogP contribution in [0.2, 0.25) is 0 Å². The lowest BCUT2D eigenvalue weighted by atomic mass is 10.2. The number of rotatable bonds is 8. The standard InChI is InChI=1S/C22H19F2N3O6S/c1-32-19-12-5-3-10-17(19)27-34(30,31)15-8-6-7-14(13-15)20(28)25-26-21(29)16-9-2-4-11-18(16)33-22(23)24/h2-13,22,27H,1H3,(H,25,28)(H,26,29). The number of carbonyl (C=O) groups is 2. The van der Waals surface area contributed by atoms with Crippen LogP contribution < -0.4 is 25.0 Å². The molecule has 0 radical (unpaired) electrons. The molecule has 12 heteroatoms. The Labute approximate surface area is 193 Å². The highest BCUT2D eigenvalue weighted by Gasteiger charge is 2.19. The van der Waals surface area contributed by atoms with Gasteiger partial charge in [-0.3, -0.25) is 25.2 Å². The number of halogens is 2. The van der Waals surface area contributed by atoms with Crippen LogP contribution in [0.25, 0.3) is 0 Å². The fraction of sp³-hybridized carbons (Fsp3) is 0.0909. The van der Waals surface area contributed by atoms with Crippen molar-refractivity contribution in [2.24, 2.45) is 0 Å². The van der Waals surface area contributed by atoms with E-state index in [9.17, 15) is 26.8 Å². The number of para-hydroxylation sites is 3. The van der Waals surface area contributed by atoms with Crippen molar-refractivity contribution in [1.29, 1.82) is 0 Å². The molecule has 0 spiro atoms. The molecule has 0 fully saturated rings. The highest BCUT2D eigenvalue weighted by atomic mass is 32.2. The number of hydrogen-bond acceptors (Lipinski definition) is 6. The first-order valence-corrected chi connectivity index (χ1v) is 11.1. The van der Waals surface area contributed by atoms with Gasteiger partial charge in [-0.15, -0.1) is 0 Å². The Hall–Kier alpha value is -4.19. The second-order valence-corrected chi connectivity index (χ2v) is 8.30. The summed E-state index contributed by atoms with van der Waals surface area (Å²) < 4.78 is 62.4. The molecule has 3 aromatic carbocycles. The Kier molecular flexibility index (Phi) is 7.64. The Morgan fingerprint density at radius 2 is 1.50 bits per heavy atom. The number of nitrogens with one attached hydrogen (secondary N) is 3. The minimum Gasteiger partial charge on any atom is -0.495 e. The van der Waals surface area contributed by atoms with E-state index in [0.717, 1.165) is 6.07 Å². The number of methoxy groups -OCH3 is 1. The molecule has 0 aliphatic carbocycles. The van der Waals surface area contributed by atoms with Crippen LogP contribution in [0.5, 0.6) is 11.5 Å². The van der Waals surface area contributed by atoms with Gasteiger partial charge in [0.2, 0.25) is 0 Å². The predicted octanol–water partition coefficient (Wildman–Crippen LogP) is 3.17. The third-order valence-electron chi connectivity index (χ3n) is 4.40. The number of sulfonamides is 1. The van der Waals surface area contributed by atoms with Gasteiger partial charge in [0, 0.05) is 5.56 Å². The minimum atomic E-state index is -4.08. The molecule has 0 atom stereocenters. The highest BCUT2D eigenvalue weighted by Crippen LogP contribution is 2.26. The molecule has 0 saturated carbocycles. The largest absolute Gasteiger partial charge is 0.495 e. The molecule has 0 heterocycles. The van der Waals surface area contributed by atoms with E-state index in [0.29, 0.717) is 5.75 Å². The molecule has 3 aromatic rings. The van der Waals surface area contributed by atoms with Crippen molar-refractivity contribution in [3.63, 3.8) is 0 Å². The van der Waals surface area contributed by atoms with Crippen LogP contribution in [0.1, 0.15) is 20.7 Å². The molecule has 0 bridgehead atoms. The average molecular weight is 491 g/mol. The van der Waals surface area contributed by atoms with E-state index in [2.05, 4.69) is 20.3 Å². The Bertz CT molecular complexity index is 1300. The van der Waals surface area contributed by atoms with Crippen molar-refractivity contribution in [3.8, 4) is 11.5 Å². The van der Waals surface area contributed by atoms with Crippen LogP contribution in [-0.4, -0.2) is 34.0 Å². The first kappa shape index (κ1) is 24.5. The fourth-order valence-corrected chi connectivity index (χ4v) is 3.96. The summed E-state index contributed by atoms with van der Waals surface area (Å²) in [6.45, 7) is -3.14. The third-order valence-corrected chi connectivity index (χ3v) is 5.76. The average Bonchev–Trinajstić information content (AvgIpc) is 2.82. The fourth-order valence-electron chi connectivity index (χ4n) is 2.84. The first-order valence-electron chi connectivity index (χ1n) is 9.61. The maximum Gasteiger partial charge on any atom is 0.387 e. The molecule has 178 valence electrons. The molecule has 0 aliphatic heterocycles. The number of amides is 2. The Morgan fingerprint density at radius 3 is 2.21 bits per heavy atom. The monoisotopic (exact) mass is 491 g/mol. The maximum atomic E-state index is 12.8. The summed E-state index contributed by atoms with van der Waals surface area (Å²) in [7, 11) is -2.69. The number of benzene rings is 3. The van der Waals surface area contributed by atoms with Crippen molar-refractivity contribution in [2.75, 3.05) is 11.8 Å². The smallest absolute Gasteiger partial charge is 0.387 e. The van der Waals surface area contributed by atoms with Gasteiger partial charge in [0.15, 0.2) is 0 Å². The third kappa shape index (κ3) is 5.98. The lowest BCUT2D eigenvalue weighted by molar-refractivity contribution is -0.0501. The number of carbonyl (C=O) groups excluding carboxylic acids is 2. The van der Waals surface area contributed by atoms with Crippen LogP contribution in [0.4, 0.5) is 14.5 Å². The quantitative estimate of drug-likeness (QED) is 0.416. The number of ether oxygens (including phenoxy) is 2. The van der Waals surface area contributed by atoms with Gasteiger partial charge in [-0.2, -0.15) is 8.78 Å². The van der Waals surface area contributed by atoms with Crippen molar-refractivity contribution in [1.82, 2.24) is 10.9 Å². The van der Waals surface area contributed by atoms with Gasteiger partial charge in [-0.25, -0.2) is 8.42 Å². The zero-order valence-corrected chi connectivity index (χ0v) is 18.4. The number of alkyl halides is 2. The molecule has 0 saturated heterocycles. The number of hydrazine groups is 1. The predicted molar refractivity (Wildman–Crippen MR) is 118 cm³/mol. The summed E-state index contributed by atoms with van der Waals surface area (Å²) in [5.41, 5.74) is 4.07. The molecular formula is C22H19F2N3O6S. The van der Waals surface area contributed by atoms with Crippen LogP contribution >= 0.6 is 0 Å². The minimum absolute atomic E-state index is 0.0830. The lowest BCUT2D eigenvalue weighted by Gasteiger charge is -2.13. The highest BCUT2D eigenvalue weighted by molar-refractivity contribution is 7.92. The van der Waals surface area contributed by atoms with E-state index in [-0.39, 0.29) is 27.5 Å². The molecule has 0 aliphatic rings. The lowest BCUT2D eigenvalue weighted by Crippen LogP contribution is -2.41. The topological polar surface area (TPSA) is 123 Å². The van der Waals surface area contributed by atoms with Gasteiger partial charge in [-0.05, 0) is 42.5 Å². The second-order valence-electron chi connectivity index (χ2n) is 6.62. The number of anilines is 1. The molecule has 3 N–H and O–H groups in total. The van der Waals surface area contributed by atoms with Crippen LogP contribution in [0.15, 0.2) is 77.7 Å². The van der Waals surface area contributed by atoms with Gasteiger partial charge in [-0.1, -0.05) is 30.3 Å². The van der Waals surface area contributed by atoms with E-state index in [4.69, 9.17) is 4.74 Å². The van der Waals surface area contributed by atoms with Crippen molar-refractivity contribution in [2.45, 2.75) is 11.5 Å². The summed E-state index contributed by atoms with van der Waals surface area (Å²) in [4.78, 5) is 24.6. The molecule has 2 amide bonds. The molecule has 0 aromatic heterocycles. The van der Waals surface area contributed by atoms with Gasteiger partial charge < -0.3 is 9.47 Å². The van der Waals surface area contributed by atoms with Gasteiger partial charge in [0.05, 0.1) is 23.3 Å². The van der Waals surface area contributed by atoms with Crippen molar-refractivity contribution < 1.29 is 36.3 Å². The molecule has 3 rings (SSSR count). The normalized spacial score (nSPS) is 10.9. The first-order chi connectivity index (χ1) is 16.2. The maximum absolute atomic E-state index is 12.8. The van der Waals surface area contributed by atoms with E-state index >= 15 is 0 Å². The molecular weight excluding hydrogens is 472 g/mol. The zero-order valence-electron chi connectivity index (χ0n) is 17.6. The van der Waals surface area contributed by atoms with Gasteiger partial charge in [0.1, 0.15) is 11.5 Å². The number of hydrogen-bond donors (Lipinski definition) is 3. The second kappa shape index (κ2) is 10.6. The van der Waals surface area contributed by atoms with Gasteiger partial charge >= 0.3 is 6.61 Å². The van der Waals surface area contributed by atoms with Crippen LogP contribution in [-0.2, 0) is 10.0 Å². The van der Waals surface area contributed by atoms with E-state index in [1.54, 1.807) is 18.2 Å². The Morgan fingerprint density at radius 1 is 0.853 bits per heavy atom. The summed E-state index contributed by atoms with van der Waals surface area (Å²) in [6, 6.07) is 16.7. The molecule has 34 heavy (non-hydrogen) atoms. The summed E-state index contributed by atoms with van der Waals surface area (Å²) in [5, 5.41) is 0. The van der Waals surface area contributed by atoms with Gasteiger partial charge in [0.25, 0.3) is 21.8 Å².